The van der Waals surface area contributed by atoms with E-state index in [0.717, 1.165) is 5.56 Å². The predicted octanol–water partition coefficient (Wildman–Crippen LogP) is 4.03. The lowest BCUT2D eigenvalue weighted by Gasteiger charge is -2.25. The zero-order chi connectivity index (χ0) is 15.5. The Morgan fingerprint density at radius 1 is 1.19 bits per heavy atom. The van der Waals surface area contributed by atoms with E-state index < -0.39 is 10.0 Å². The smallest absolute Gasteiger partial charge is 0.262 e. The van der Waals surface area contributed by atoms with Gasteiger partial charge >= 0.3 is 0 Å². The first kappa shape index (κ1) is 15.6. The van der Waals surface area contributed by atoms with E-state index in [0.29, 0.717) is 10.7 Å². The Kier molecular flexibility index (Phi) is 4.70. The van der Waals surface area contributed by atoms with E-state index in [2.05, 4.69) is 6.58 Å². The number of anilines is 1. The highest BCUT2D eigenvalue weighted by Gasteiger charge is 2.25. The molecule has 0 aliphatic heterocycles. The maximum absolute atomic E-state index is 12.8. The Balaban J connectivity index is 2.58. The summed E-state index contributed by atoms with van der Waals surface area (Å²) in [6.07, 6.45) is 1.56. The van der Waals surface area contributed by atoms with Crippen LogP contribution in [0.1, 0.15) is 5.56 Å². The average Bonchev–Trinajstić information content (AvgIpc) is 2.48. The Morgan fingerprint density at radius 2 is 1.86 bits per heavy atom. The molecule has 2 aromatic rings. The number of hydrogen-bond acceptors (Lipinski definition) is 2. The number of rotatable bonds is 5. The summed E-state index contributed by atoms with van der Waals surface area (Å²) in [7, 11) is -3.65. The zero-order valence-electron chi connectivity index (χ0n) is 11.7. The fourth-order valence-electron chi connectivity index (χ4n) is 2.01. The molecule has 5 heteroatoms. The van der Waals surface area contributed by atoms with Gasteiger partial charge in [0.05, 0.1) is 17.1 Å². The van der Waals surface area contributed by atoms with Gasteiger partial charge in [0.1, 0.15) is 0 Å². The van der Waals surface area contributed by atoms with E-state index in [4.69, 9.17) is 11.6 Å². The van der Waals surface area contributed by atoms with E-state index in [-0.39, 0.29) is 11.4 Å². The molecule has 0 atom stereocenters. The third kappa shape index (κ3) is 3.28. The van der Waals surface area contributed by atoms with E-state index in [1.165, 1.54) is 4.31 Å². The van der Waals surface area contributed by atoms with Crippen molar-refractivity contribution in [1.29, 1.82) is 0 Å². The van der Waals surface area contributed by atoms with Crippen molar-refractivity contribution in [1.82, 2.24) is 0 Å². The largest absolute Gasteiger partial charge is 0.264 e. The molecular weight excluding hydrogens is 306 g/mol. The summed E-state index contributed by atoms with van der Waals surface area (Å²) in [6.45, 7) is 5.67. The Bertz CT molecular complexity index is 742. The maximum Gasteiger partial charge on any atom is 0.264 e. The summed E-state index contributed by atoms with van der Waals surface area (Å²) >= 11 is 6.01. The van der Waals surface area contributed by atoms with Crippen LogP contribution >= 0.6 is 11.6 Å². The normalized spacial score (nSPS) is 11.1. The van der Waals surface area contributed by atoms with Crippen molar-refractivity contribution in [3.8, 4) is 0 Å². The summed E-state index contributed by atoms with van der Waals surface area (Å²) in [4.78, 5) is 0.242. The summed E-state index contributed by atoms with van der Waals surface area (Å²) in [5.74, 6) is 0. The molecule has 0 spiro atoms. The Labute approximate surface area is 130 Å². The molecule has 0 aromatic heterocycles. The van der Waals surface area contributed by atoms with E-state index in [1.54, 1.807) is 54.6 Å². The highest BCUT2D eigenvalue weighted by Crippen LogP contribution is 2.29. The van der Waals surface area contributed by atoms with Gasteiger partial charge in [-0.05, 0) is 36.8 Å². The first-order chi connectivity index (χ1) is 9.96. The lowest BCUT2D eigenvalue weighted by molar-refractivity contribution is 0.592. The van der Waals surface area contributed by atoms with Crippen LogP contribution in [-0.2, 0) is 10.0 Å². The number of benzene rings is 2. The van der Waals surface area contributed by atoms with Crippen molar-refractivity contribution in [3.05, 3.63) is 71.8 Å². The van der Waals surface area contributed by atoms with Crippen molar-refractivity contribution in [3.63, 3.8) is 0 Å². The van der Waals surface area contributed by atoms with Crippen molar-refractivity contribution in [2.24, 2.45) is 0 Å². The van der Waals surface area contributed by atoms with E-state index >= 15 is 0 Å². The molecule has 0 radical (unpaired) electrons. The summed E-state index contributed by atoms with van der Waals surface area (Å²) in [5, 5.41) is 0.493. The van der Waals surface area contributed by atoms with Crippen molar-refractivity contribution in [2.45, 2.75) is 11.8 Å². The van der Waals surface area contributed by atoms with Crippen LogP contribution in [0.3, 0.4) is 0 Å². The van der Waals surface area contributed by atoms with Crippen LogP contribution in [0.4, 0.5) is 5.69 Å². The molecule has 0 fully saturated rings. The molecule has 2 aromatic carbocycles. The molecule has 2 rings (SSSR count). The highest BCUT2D eigenvalue weighted by atomic mass is 35.5. The van der Waals surface area contributed by atoms with Gasteiger partial charge in [0.25, 0.3) is 10.0 Å². The number of sulfonamides is 1. The fourth-order valence-corrected chi connectivity index (χ4v) is 3.69. The summed E-state index contributed by atoms with van der Waals surface area (Å²) in [6, 6.07) is 13.5. The van der Waals surface area contributed by atoms with E-state index in [1.807, 2.05) is 6.92 Å². The molecule has 0 bridgehead atoms. The molecular formula is C16H16ClNO2S. The van der Waals surface area contributed by atoms with Crippen molar-refractivity contribution >= 4 is 27.3 Å². The topological polar surface area (TPSA) is 37.4 Å². The van der Waals surface area contributed by atoms with Crippen LogP contribution in [0, 0.1) is 6.92 Å². The first-order valence-electron chi connectivity index (χ1n) is 6.41. The second-order valence-corrected chi connectivity index (χ2v) is 6.87. The van der Waals surface area contributed by atoms with Crippen LogP contribution in [0.25, 0.3) is 0 Å². The van der Waals surface area contributed by atoms with Gasteiger partial charge in [-0.3, -0.25) is 4.31 Å². The molecule has 21 heavy (non-hydrogen) atoms. The third-order valence-corrected chi connectivity index (χ3v) is 5.10. The lowest BCUT2D eigenvalue weighted by atomic mass is 10.2. The molecule has 110 valence electrons. The predicted molar refractivity (Wildman–Crippen MR) is 87.4 cm³/mol. The summed E-state index contributed by atoms with van der Waals surface area (Å²) in [5.41, 5.74) is 1.40. The number of aryl methyl sites for hydroxylation is 1. The van der Waals surface area contributed by atoms with Crippen LogP contribution < -0.4 is 4.31 Å². The second kappa shape index (κ2) is 6.33. The molecule has 3 nitrogen and oxygen atoms in total. The molecule has 0 heterocycles. The Hall–Kier alpha value is -1.78. The van der Waals surface area contributed by atoms with Crippen LogP contribution in [-0.4, -0.2) is 15.0 Å². The molecule has 0 aliphatic rings. The second-order valence-electron chi connectivity index (χ2n) is 4.57. The molecule has 0 unspecified atom stereocenters. The fraction of sp³-hybridized carbons (Fsp3) is 0.125. The van der Waals surface area contributed by atoms with E-state index in [9.17, 15) is 8.42 Å². The maximum atomic E-state index is 12.8. The molecule has 0 aliphatic carbocycles. The van der Waals surface area contributed by atoms with Gasteiger partial charge in [0.15, 0.2) is 0 Å². The lowest BCUT2D eigenvalue weighted by Crippen LogP contribution is -2.31. The minimum atomic E-state index is -3.65. The Morgan fingerprint density at radius 3 is 2.48 bits per heavy atom. The SMILES string of the molecule is C=CCN(c1cc(Cl)ccc1C)S(=O)(=O)c1ccccc1. The molecule has 0 amide bonds. The zero-order valence-corrected chi connectivity index (χ0v) is 13.2. The van der Waals surface area contributed by atoms with Gasteiger partial charge in [0, 0.05) is 5.02 Å². The molecule has 0 saturated carbocycles. The van der Waals surface area contributed by atoms with Gasteiger partial charge in [-0.25, -0.2) is 8.42 Å². The minimum absolute atomic E-state index is 0.179. The number of nitrogens with zero attached hydrogens (tertiary/aromatic N) is 1. The van der Waals surface area contributed by atoms with Crippen molar-refractivity contribution in [2.75, 3.05) is 10.8 Å². The average molecular weight is 322 g/mol. The standard InChI is InChI=1S/C16H16ClNO2S/c1-3-11-18(16-12-14(17)10-9-13(16)2)21(19,20)15-7-5-4-6-8-15/h3-10,12H,1,11H2,2H3. The van der Waals surface area contributed by atoms with Gasteiger partial charge in [0.2, 0.25) is 0 Å². The van der Waals surface area contributed by atoms with Crippen LogP contribution in [0.5, 0.6) is 0 Å². The van der Waals surface area contributed by atoms with Gasteiger partial charge < -0.3 is 0 Å². The number of hydrogen-bond donors (Lipinski definition) is 0. The quantitative estimate of drug-likeness (QED) is 0.780. The van der Waals surface area contributed by atoms with Gasteiger partial charge in [-0.15, -0.1) is 6.58 Å². The van der Waals surface area contributed by atoms with Gasteiger partial charge in [-0.1, -0.05) is 41.9 Å². The monoisotopic (exact) mass is 321 g/mol. The summed E-state index contributed by atoms with van der Waals surface area (Å²) < 4.78 is 27.0. The first-order valence-corrected chi connectivity index (χ1v) is 8.23. The van der Waals surface area contributed by atoms with Crippen molar-refractivity contribution < 1.29 is 8.42 Å². The minimum Gasteiger partial charge on any atom is -0.262 e. The number of halogens is 1. The third-order valence-electron chi connectivity index (χ3n) is 3.07. The highest BCUT2D eigenvalue weighted by molar-refractivity contribution is 7.92. The van der Waals surface area contributed by atoms with Gasteiger partial charge in [-0.2, -0.15) is 0 Å². The van der Waals surface area contributed by atoms with Crippen LogP contribution in [0.2, 0.25) is 5.02 Å². The van der Waals surface area contributed by atoms with Crippen LogP contribution in [0.15, 0.2) is 66.1 Å². The molecule has 0 saturated heterocycles. The molecule has 0 N–H and O–H groups in total.